The summed E-state index contributed by atoms with van der Waals surface area (Å²) in [5.74, 6) is 4.20. The molecule has 6 heteroatoms. The minimum Gasteiger partial charge on any atom is -0.464 e. The minimum absolute atomic E-state index is 0.0582. The van der Waals surface area contributed by atoms with Gasteiger partial charge in [0, 0.05) is 16.8 Å². The number of furan rings is 1. The molecule has 0 bridgehead atoms. The number of thiophene rings is 1. The van der Waals surface area contributed by atoms with E-state index in [2.05, 4.69) is 41.1 Å². The molecule has 2 saturated carbocycles. The monoisotopic (exact) mass is 431 g/mol. The largest absolute Gasteiger partial charge is 0.464 e. The smallest absolute Gasteiger partial charge is 0.259 e. The summed E-state index contributed by atoms with van der Waals surface area (Å²) in [6, 6.07) is 16.9. The van der Waals surface area contributed by atoms with E-state index in [1.54, 1.807) is 11.3 Å². The van der Waals surface area contributed by atoms with Crippen molar-refractivity contribution in [2.75, 3.05) is 0 Å². The van der Waals surface area contributed by atoms with Crippen molar-refractivity contribution in [3.8, 4) is 10.4 Å². The molecular weight excluding hydrogens is 406 g/mol. The van der Waals surface area contributed by atoms with E-state index in [9.17, 15) is 4.79 Å². The van der Waals surface area contributed by atoms with Gasteiger partial charge in [0.15, 0.2) is 0 Å². The lowest BCUT2D eigenvalue weighted by Gasteiger charge is -2.20. The number of H-pyrrole nitrogens is 1. The van der Waals surface area contributed by atoms with Crippen LogP contribution < -0.4 is 5.56 Å². The second kappa shape index (κ2) is 7.46. The van der Waals surface area contributed by atoms with Gasteiger partial charge in [0.2, 0.25) is 0 Å². The maximum absolute atomic E-state index is 12.8. The van der Waals surface area contributed by atoms with Crippen LogP contribution in [0.3, 0.4) is 0 Å². The molecular formula is C25H25N3O2S. The Hall–Kier alpha value is -2.70. The summed E-state index contributed by atoms with van der Waals surface area (Å²) in [7, 11) is 0. The Kier molecular flexibility index (Phi) is 4.58. The fourth-order valence-corrected chi connectivity index (χ4v) is 5.40. The molecule has 2 atom stereocenters. The number of aromatic nitrogens is 2. The van der Waals surface area contributed by atoms with Crippen molar-refractivity contribution in [2.24, 2.45) is 5.92 Å². The number of aromatic amines is 1. The summed E-state index contributed by atoms with van der Waals surface area (Å²) in [5, 5.41) is 0.666. The van der Waals surface area contributed by atoms with Crippen molar-refractivity contribution >= 4 is 21.6 Å². The summed E-state index contributed by atoms with van der Waals surface area (Å²) < 4.78 is 6.14. The van der Waals surface area contributed by atoms with Crippen molar-refractivity contribution in [1.29, 1.82) is 0 Å². The second-order valence-electron chi connectivity index (χ2n) is 8.97. The summed E-state index contributed by atoms with van der Waals surface area (Å²) in [5.41, 5.74) is 1.06. The van der Waals surface area contributed by atoms with Crippen molar-refractivity contribution in [1.82, 2.24) is 14.9 Å². The van der Waals surface area contributed by atoms with Crippen molar-refractivity contribution in [2.45, 2.75) is 51.2 Å². The number of hydrogen-bond donors (Lipinski definition) is 1. The zero-order chi connectivity index (χ0) is 20.9. The quantitative estimate of drug-likeness (QED) is 0.418. The molecule has 3 heterocycles. The van der Waals surface area contributed by atoms with Gasteiger partial charge in [0.05, 0.1) is 18.5 Å². The first-order valence-corrected chi connectivity index (χ1v) is 11.9. The minimum atomic E-state index is -0.0582. The molecule has 0 radical (unpaired) electrons. The highest BCUT2D eigenvalue weighted by molar-refractivity contribution is 7.21. The number of benzene rings is 1. The molecule has 2 aliphatic rings. The molecule has 0 aliphatic heterocycles. The highest BCUT2D eigenvalue weighted by Crippen LogP contribution is 2.47. The average Bonchev–Trinajstić information content (AvgIpc) is 3.65. The molecule has 2 aliphatic carbocycles. The maximum atomic E-state index is 12.8. The van der Waals surface area contributed by atoms with E-state index in [0.29, 0.717) is 23.9 Å². The Morgan fingerprint density at radius 1 is 1.16 bits per heavy atom. The van der Waals surface area contributed by atoms with Crippen molar-refractivity contribution < 1.29 is 4.42 Å². The first-order valence-electron chi connectivity index (χ1n) is 11.0. The summed E-state index contributed by atoms with van der Waals surface area (Å²) in [4.78, 5) is 24.9. The molecule has 0 amide bonds. The fourth-order valence-electron chi connectivity index (χ4n) is 4.34. The fraction of sp³-hybridized carbons (Fsp3) is 0.360. The molecule has 0 spiro atoms. The molecule has 5 nitrogen and oxygen atoms in total. The Morgan fingerprint density at radius 2 is 1.97 bits per heavy atom. The van der Waals surface area contributed by atoms with Crippen LogP contribution in [0.1, 0.15) is 49.4 Å². The van der Waals surface area contributed by atoms with Gasteiger partial charge in [-0.2, -0.15) is 0 Å². The molecule has 0 saturated heterocycles. The highest BCUT2D eigenvalue weighted by Gasteiger charge is 2.37. The lowest BCUT2D eigenvalue weighted by molar-refractivity contribution is 0.218. The number of rotatable bonds is 7. The molecule has 2 fully saturated rings. The summed E-state index contributed by atoms with van der Waals surface area (Å²) in [6.07, 6.45) is 3.62. The third-order valence-corrected chi connectivity index (χ3v) is 7.52. The van der Waals surface area contributed by atoms with Gasteiger partial charge in [-0.3, -0.25) is 9.69 Å². The van der Waals surface area contributed by atoms with Gasteiger partial charge in [-0.15, -0.1) is 11.3 Å². The van der Waals surface area contributed by atoms with E-state index in [-0.39, 0.29) is 5.56 Å². The maximum Gasteiger partial charge on any atom is 0.259 e. The molecule has 158 valence electrons. The first kappa shape index (κ1) is 19.0. The van der Waals surface area contributed by atoms with Crippen LogP contribution in [0.2, 0.25) is 0 Å². The van der Waals surface area contributed by atoms with E-state index in [1.807, 2.05) is 24.3 Å². The van der Waals surface area contributed by atoms with Gasteiger partial charge in [0.1, 0.15) is 22.2 Å². The standard InChI is InChI=1S/C25H25N3O2S/c1-15-11-19(15)21-10-9-18(30-21)13-28(17-7-8-17)14-23-26-24(29)20-12-22(31-25(20)27-23)16-5-3-2-4-6-16/h2-6,9-10,12,15,17,19H,7-8,11,13-14H2,1H3,(H,26,27,29). The lowest BCUT2D eigenvalue weighted by atomic mass is 10.2. The summed E-state index contributed by atoms with van der Waals surface area (Å²) >= 11 is 1.58. The Balaban J connectivity index is 1.25. The molecule has 1 N–H and O–H groups in total. The Labute approximate surface area is 184 Å². The van der Waals surface area contributed by atoms with Gasteiger partial charge in [0.25, 0.3) is 5.56 Å². The van der Waals surface area contributed by atoms with Crippen molar-refractivity contribution in [3.05, 3.63) is 76.2 Å². The number of nitrogens with one attached hydrogen (secondary N) is 1. The molecule has 3 aromatic heterocycles. The normalized spacial score (nSPS) is 20.6. The molecule has 2 unspecified atom stereocenters. The molecule has 31 heavy (non-hydrogen) atoms. The van der Waals surface area contributed by atoms with E-state index in [1.165, 1.54) is 19.3 Å². The third kappa shape index (κ3) is 3.86. The van der Waals surface area contributed by atoms with E-state index < -0.39 is 0 Å². The van der Waals surface area contributed by atoms with Gasteiger partial charge < -0.3 is 9.40 Å². The van der Waals surface area contributed by atoms with Gasteiger partial charge in [-0.25, -0.2) is 4.98 Å². The summed E-state index contributed by atoms with van der Waals surface area (Å²) in [6.45, 7) is 3.66. The lowest BCUT2D eigenvalue weighted by Crippen LogP contribution is -2.27. The van der Waals surface area contributed by atoms with Gasteiger partial charge >= 0.3 is 0 Å². The second-order valence-corrected chi connectivity index (χ2v) is 10.00. The predicted octanol–water partition coefficient (Wildman–Crippen LogP) is 5.53. The SMILES string of the molecule is CC1CC1c1ccc(CN(Cc2nc3sc(-c4ccccc4)cc3c(=O)[nH]2)C2CC2)o1. The van der Waals surface area contributed by atoms with Crippen LogP contribution in [0.4, 0.5) is 0 Å². The first-order chi connectivity index (χ1) is 15.1. The van der Waals surface area contributed by atoms with E-state index >= 15 is 0 Å². The topological polar surface area (TPSA) is 62.1 Å². The molecule has 4 aromatic rings. The number of fused-ring (bicyclic) bond motifs is 1. The Bertz CT molecular complexity index is 1290. The molecule has 1 aromatic carbocycles. The van der Waals surface area contributed by atoms with Crippen LogP contribution in [0.25, 0.3) is 20.7 Å². The van der Waals surface area contributed by atoms with Crippen LogP contribution >= 0.6 is 11.3 Å². The van der Waals surface area contributed by atoms with Crippen LogP contribution in [-0.2, 0) is 13.1 Å². The average molecular weight is 432 g/mol. The number of hydrogen-bond acceptors (Lipinski definition) is 5. The van der Waals surface area contributed by atoms with Gasteiger partial charge in [-0.05, 0) is 48.9 Å². The zero-order valence-corrected chi connectivity index (χ0v) is 18.3. The van der Waals surface area contributed by atoms with Crippen molar-refractivity contribution in [3.63, 3.8) is 0 Å². The zero-order valence-electron chi connectivity index (χ0n) is 17.5. The number of nitrogens with zero attached hydrogens (tertiary/aromatic N) is 2. The van der Waals surface area contributed by atoms with Gasteiger partial charge in [-0.1, -0.05) is 37.3 Å². The van der Waals surface area contributed by atoms with E-state index in [0.717, 1.165) is 45.1 Å². The van der Waals surface area contributed by atoms with E-state index in [4.69, 9.17) is 9.40 Å². The molecule has 6 rings (SSSR count). The Morgan fingerprint density at radius 3 is 2.71 bits per heavy atom. The van der Waals surface area contributed by atoms with Crippen LogP contribution in [0.15, 0.2) is 57.7 Å². The predicted molar refractivity (Wildman–Crippen MR) is 123 cm³/mol. The van der Waals surface area contributed by atoms with Crippen LogP contribution in [0.5, 0.6) is 0 Å². The third-order valence-electron chi connectivity index (χ3n) is 6.44. The van der Waals surface area contributed by atoms with Crippen LogP contribution in [0, 0.1) is 5.92 Å². The van der Waals surface area contributed by atoms with Crippen LogP contribution in [-0.4, -0.2) is 20.9 Å². The highest BCUT2D eigenvalue weighted by atomic mass is 32.1.